The van der Waals surface area contributed by atoms with Crippen LogP contribution in [0.15, 0.2) is 12.1 Å². The smallest absolute Gasteiger partial charge is 0.261 e. The number of ether oxygens (including phenoxy) is 3. The van der Waals surface area contributed by atoms with Crippen LogP contribution >= 0.6 is 0 Å². The number of anilines is 2. The quantitative estimate of drug-likeness (QED) is 0.566. The van der Waals surface area contributed by atoms with Crippen molar-refractivity contribution in [1.82, 2.24) is 0 Å². The fourth-order valence-electron chi connectivity index (χ4n) is 1.55. The van der Waals surface area contributed by atoms with Gasteiger partial charge in [0.15, 0.2) is 11.5 Å². The van der Waals surface area contributed by atoms with Crippen molar-refractivity contribution in [2.24, 2.45) is 0 Å². The maximum absolute atomic E-state index is 11.8. The van der Waals surface area contributed by atoms with E-state index in [1.54, 1.807) is 0 Å². The molecule has 0 aliphatic heterocycles. The van der Waals surface area contributed by atoms with E-state index < -0.39 is 18.9 Å². The summed E-state index contributed by atoms with van der Waals surface area (Å²) in [5, 5.41) is 2.56. The number of nitrogens with one attached hydrogen (secondary N) is 1. The van der Waals surface area contributed by atoms with Gasteiger partial charge in [0.25, 0.3) is 6.43 Å². The van der Waals surface area contributed by atoms with E-state index in [1.165, 1.54) is 26.4 Å². The lowest BCUT2D eigenvalue weighted by atomic mass is 10.2. The number of alkyl halides is 2. The largest absolute Gasteiger partial charge is 0.493 e. The zero-order chi connectivity index (χ0) is 15.8. The summed E-state index contributed by atoms with van der Waals surface area (Å²) in [7, 11) is 2.92. The van der Waals surface area contributed by atoms with E-state index >= 15 is 0 Å². The first kappa shape index (κ1) is 17.0. The molecule has 0 heterocycles. The van der Waals surface area contributed by atoms with Crippen LogP contribution < -0.4 is 20.5 Å². The van der Waals surface area contributed by atoms with E-state index in [-0.39, 0.29) is 13.0 Å². The van der Waals surface area contributed by atoms with Crippen molar-refractivity contribution in [2.45, 2.75) is 12.8 Å². The van der Waals surface area contributed by atoms with Crippen molar-refractivity contribution in [3.8, 4) is 11.5 Å². The SMILES string of the molecule is COc1cc(N)c(NC(=O)CCOCC(F)F)cc1OC. The molecule has 0 aromatic heterocycles. The fraction of sp³-hybridized carbons (Fsp3) is 0.462. The lowest BCUT2D eigenvalue weighted by molar-refractivity contribution is -0.117. The molecule has 0 fully saturated rings. The maximum atomic E-state index is 11.8. The minimum absolute atomic E-state index is 0.0551. The first-order valence-corrected chi connectivity index (χ1v) is 6.15. The molecule has 3 N–H and O–H groups in total. The summed E-state index contributed by atoms with van der Waals surface area (Å²) < 4.78 is 38.5. The first-order valence-electron chi connectivity index (χ1n) is 6.15. The molecule has 0 saturated heterocycles. The Morgan fingerprint density at radius 3 is 2.48 bits per heavy atom. The number of hydrogen-bond acceptors (Lipinski definition) is 5. The number of carbonyl (C=O) groups is 1. The Morgan fingerprint density at radius 2 is 1.90 bits per heavy atom. The number of benzene rings is 1. The predicted molar refractivity (Wildman–Crippen MR) is 74.0 cm³/mol. The van der Waals surface area contributed by atoms with Gasteiger partial charge in [0.1, 0.15) is 6.61 Å². The van der Waals surface area contributed by atoms with Crippen molar-refractivity contribution in [1.29, 1.82) is 0 Å². The van der Waals surface area contributed by atoms with E-state index in [2.05, 4.69) is 10.1 Å². The van der Waals surface area contributed by atoms with Crippen LogP contribution in [0.5, 0.6) is 11.5 Å². The number of rotatable bonds is 8. The van der Waals surface area contributed by atoms with Crippen LogP contribution in [-0.4, -0.2) is 39.8 Å². The van der Waals surface area contributed by atoms with Crippen LogP contribution in [0, 0.1) is 0 Å². The second-order valence-electron chi connectivity index (χ2n) is 4.06. The number of hydrogen-bond donors (Lipinski definition) is 2. The Balaban J connectivity index is 2.59. The van der Waals surface area contributed by atoms with Gasteiger partial charge in [-0.05, 0) is 0 Å². The van der Waals surface area contributed by atoms with E-state index in [0.29, 0.717) is 22.9 Å². The van der Waals surface area contributed by atoms with E-state index in [9.17, 15) is 13.6 Å². The monoisotopic (exact) mass is 304 g/mol. The highest BCUT2D eigenvalue weighted by molar-refractivity contribution is 5.94. The third kappa shape index (κ3) is 5.42. The topological polar surface area (TPSA) is 82.8 Å². The molecule has 6 nitrogen and oxygen atoms in total. The Kier molecular flexibility index (Phi) is 6.67. The van der Waals surface area contributed by atoms with Crippen molar-refractivity contribution in [3.63, 3.8) is 0 Å². The minimum Gasteiger partial charge on any atom is -0.493 e. The van der Waals surface area contributed by atoms with Gasteiger partial charge in [0.2, 0.25) is 5.91 Å². The Bertz CT molecular complexity index is 483. The molecule has 21 heavy (non-hydrogen) atoms. The van der Waals surface area contributed by atoms with Crippen LogP contribution in [0.2, 0.25) is 0 Å². The van der Waals surface area contributed by atoms with Gasteiger partial charge in [-0.25, -0.2) is 8.78 Å². The lowest BCUT2D eigenvalue weighted by Gasteiger charge is -2.13. The molecule has 8 heteroatoms. The summed E-state index contributed by atoms with van der Waals surface area (Å²) in [5.41, 5.74) is 6.44. The predicted octanol–water partition coefficient (Wildman–Crippen LogP) is 1.90. The van der Waals surface area contributed by atoms with Crippen LogP contribution in [0.4, 0.5) is 20.2 Å². The molecule has 0 aliphatic carbocycles. The molecule has 118 valence electrons. The van der Waals surface area contributed by atoms with E-state index in [1.807, 2.05) is 0 Å². The molecule has 0 radical (unpaired) electrons. The molecule has 1 aromatic carbocycles. The van der Waals surface area contributed by atoms with E-state index in [0.717, 1.165) is 0 Å². The Labute approximate surface area is 121 Å². The summed E-state index contributed by atoms with van der Waals surface area (Å²) in [4.78, 5) is 11.7. The molecule has 0 spiro atoms. The van der Waals surface area contributed by atoms with Gasteiger partial charge in [-0.15, -0.1) is 0 Å². The van der Waals surface area contributed by atoms with Crippen molar-refractivity contribution in [2.75, 3.05) is 38.5 Å². The number of nitrogen functional groups attached to an aromatic ring is 1. The molecule has 0 aliphatic rings. The first-order chi connectivity index (χ1) is 9.97. The standard InChI is InChI=1S/C13H18F2N2O4/c1-19-10-5-8(16)9(6-11(10)20-2)17-13(18)3-4-21-7-12(14)15/h5-6,12H,3-4,7,16H2,1-2H3,(H,17,18). The Hall–Kier alpha value is -2.09. The number of nitrogens with two attached hydrogens (primary N) is 1. The fourth-order valence-corrected chi connectivity index (χ4v) is 1.55. The summed E-state index contributed by atoms with van der Waals surface area (Å²) >= 11 is 0. The molecule has 1 aromatic rings. The molecule has 1 amide bonds. The molecule has 1 rings (SSSR count). The number of halogens is 2. The summed E-state index contributed by atoms with van der Waals surface area (Å²) in [6.07, 6.45) is -2.60. The lowest BCUT2D eigenvalue weighted by Crippen LogP contribution is -2.16. The highest BCUT2D eigenvalue weighted by atomic mass is 19.3. The normalized spacial score (nSPS) is 10.5. The summed E-state index contributed by atoms with van der Waals surface area (Å²) in [6, 6.07) is 3.04. The van der Waals surface area contributed by atoms with Crippen LogP contribution in [0.1, 0.15) is 6.42 Å². The second-order valence-corrected chi connectivity index (χ2v) is 4.06. The highest BCUT2D eigenvalue weighted by Crippen LogP contribution is 2.34. The molecule has 0 bridgehead atoms. The zero-order valence-electron chi connectivity index (χ0n) is 11.8. The maximum Gasteiger partial charge on any atom is 0.261 e. The van der Waals surface area contributed by atoms with Gasteiger partial charge < -0.3 is 25.3 Å². The second kappa shape index (κ2) is 8.25. The number of methoxy groups -OCH3 is 2. The highest BCUT2D eigenvalue weighted by Gasteiger charge is 2.12. The molecule has 0 atom stereocenters. The molecular weight excluding hydrogens is 286 g/mol. The third-order valence-electron chi connectivity index (χ3n) is 2.55. The zero-order valence-corrected chi connectivity index (χ0v) is 11.8. The van der Waals surface area contributed by atoms with Crippen LogP contribution in [0.3, 0.4) is 0 Å². The average Bonchev–Trinajstić information content (AvgIpc) is 2.45. The molecular formula is C13H18F2N2O4. The van der Waals surface area contributed by atoms with Crippen molar-refractivity contribution >= 4 is 17.3 Å². The number of amides is 1. The summed E-state index contributed by atoms with van der Waals surface area (Å²) in [6.45, 7) is -0.783. The van der Waals surface area contributed by atoms with Gasteiger partial charge >= 0.3 is 0 Å². The van der Waals surface area contributed by atoms with Crippen molar-refractivity contribution < 1.29 is 27.8 Å². The van der Waals surface area contributed by atoms with Gasteiger partial charge in [0.05, 0.1) is 38.6 Å². The third-order valence-corrected chi connectivity index (χ3v) is 2.55. The van der Waals surface area contributed by atoms with Crippen LogP contribution in [0.25, 0.3) is 0 Å². The van der Waals surface area contributed by atoms with Crippen molar-refractivity contribution in [3.05, 3.63) is 12.1 Å². The summed E-state index contributed by atoms with van der Waals surface area (Å²) in [5.74, 6) is 0.451. The van der Waals surface area contributed by atoms with E-state index in [4.69, 9.17) is 15.2 Å². The average molecular weight is 304 g/mol. The number of carbonyl (C=O) groups excluding carboxylic acids is 1. The molecule has 0 unspecified atom stereocenters. The Morgan fingerprint density at radius 1 is 1.29 bits per heavy atom. The van der Waals surface area contributed by atoms with Gasteiger partial charge in [-0.3, -0.25) is 4.79 Å². The molecule has 0 saturated carbocycles. The van der Waals surface area contributed by atoms with Gasteiger partial charge in [-0.1, -0.05) is 0 Å². The minimum atomic E-state index is -2.55. The van der Waals surface area contributed by atoms with Crippen LogP contribution in [-0.2, 0) is 9.53 Å². The van der Waals surface area contributed by atoms with Gasteiger partial charge in [0, 0.05) is 12.1 Å². The van der Waals surface area contributed by atoms with Gasteiger partial charge in [-0.2, -0.15) is 0 Å².